The van der Waals surface area contributed by atoms with Crippen molar-refractivity contribution in [3.8, 4) is 0 Å². The Hall–Kier alpha value is -0.710. The van der Waals surface area contributed by atoms with Crippen LogP contribution in [0.3, 0.4) is 0 Å². The monoisotopic (exact) mass is 298 g/mol. The Balaban J connectivity index is 2.31. The highest BCUT2D eigenvalue weighted by Gasteiger charge is 2.47. The van der Waals surface area contributed by atoms with Crippen molar-refractivity contribution in [1.82, 2.24) is 10.2 Å². The van der Waals surface area contributed by atoms with Crippen LogP contribution in [0.2, 0.25) is 0 Å². The molecule has 5 heteroatoms. The summed E-state index contributed by atoms with van der Waals surface area (Å²) < 4.78 is 0. The molecule has 0 spiro atoms. The first-order valence-corrected chi connectivity index (χ1v) is 8.95. The van der Waals surface area contributed by atoms with Gasteiger partial charge < -0.3 is 10.2 Å². The van der Waals surface area contributed by atoms with Crippen LogP contribution in [0, 0.1) is 5.92 Å². The van der Waals surface area contributed by atoms with E-state index >= 15 is 0 Å². The number of rotatable bonds is 4. The van der Waals surface area contributed by atoms with Gasteiger partial charge >= 0.3 is 0 Å². The minimum absolute atomic E-state index is 0.0261. The highest BCUT2D eigenvalue weighted by atomic mass is 32.2. The first-order chi connectivity index (χ1) is 9.51. The summed E-state index contributed by atoms with van der Waals surface area (Å²) in [5.41, 5.74) is 0. The van der Waals surface area contributed by atoms with Gasteiger partial charge in [-0.15, -0.1) is 0 Å². The predicted octanol–water partition coefficient (Wildman–Crippen LogP) is 2.03. The van der Waals surface area contributed by atoms with E-state index in [-0.39, 0.29) is 35.9 Å². The molecule has 4 nitrogen and oxygen atoms in total. The lowest BCUT2D eigenvalue weighted by molar-refractivity contribution is -0.154. The van der Waals surface area contributed by atoms with Gasteiger partial charge in [0.1, 0.15) is 12.1 Å². The molecule has 2 aliphatic rings. The van der Waals surface area contributed by atoms with E-state index < -0.39 is 0 Å². The molecule has 2 amide bonds. The number of nitrogens with one attached hydrogen (secondary N) is 1. The third-order valence-corrected chi connectivity index (χ3v) is 5.71. The minimum Gasteiger partial charge on any atom is -0.343 e. The lowest BCUT2D eigenvalue weighted by atomic mass is 9.94. The Morgan fingerprint density at radius 1 is 1.35 bits per heavy atom. The quantitative estimate of drug-likeness (QED) is 0.864. The van der Waals surface area contributed by atoms with E-state index in [1.54, 1.807) is 0 Å². The summed E-state index contributed by atoms with van der Waals surface area (Å²) in [4.78, 5) is 27.1. The van der Waals surface area contributed by atoms with Gasteiger partial charge in [-0.25, -0.2) is 0 Å². The predicted molar refractivity (Wildman–Crippen MR) is 82.6 cm³/mol. The Bertz CT molecular complexity index is 386. The summed E-state index contributed by atoms with van der Waals surface area (Å²) in [7, 11) is 0. The van der Waals surface area contributed by atoms with Crippen molar-refractivity contribution >= 4 is 23.6 Å². The number of nitrogens with zero attached hydrogens (tertiary/aromatic N) is 1. The molecule has 0 aromatic rings. The first-order valence-electron chi connectivity index (χ1n) is 7.66. The van der Waals surface area contributed by atoms with Crippen LogP contribution < -0.4 is 5.32 Å². The Kier molecular flexibility index (Phi) is 4.99. The lowest BCUT2D eigenvalue weighted by Crippen LogP contribution is -2.67. The Morgan fingerprint density at radius 3 is 2.60 bits per heavy atom. The van der Waals surface area contributed by atoms with Gasteiger partial charge in [0, 0.05) is 11.3 Å². The van der Waals surface area contributed by atoms with Crippen molar-refractivity contribution in [2.24, 2.45) is 5.92 Å². The molecule has 2 rings (SSSR count). The summed E-state index contributed by atoms with van der Waals surface area (Å²) in [5.74, 6) is 0.301. The van der Waals surface area contributed by atoms with E-state index in [4.69, 9.17) is 0 Å². The van der Waals surface area contributed by atoms with Crippen molar-refractivity contribution < 1.29 is 9.59 Å². The molecule has 4 unspecified atom stereocenters. The van der Waals surface area contributed by atoms with Crippen molar-refractivity contribution in [2.75, 3.05) is 6.26 Å². The van der Waals surface area contributed by atoms with Gasteiger partial charge in [-0.1, -0.05) is 27.2 Å². The van der Waals surface area contributed by atoms with Gasteiger partial charge in [-0.3, -0.25) is 9.59 Å². The van der Waals surface area contributed by atoms with Crippen LogP contribution in [0.15, 0.2) is 0 Å². The summed E-state index contributed by atoms with van der Waals surface area (Å²) in [6.07, 6.45) is 6.12. The largest absolute Gasteiger partial charge is 0.343 e. The van der Waals surface area contributed by atoms with Crippen LogP contribution in [-0.2, 0) is 9.59 Å². The first kappa shape index (κ1) is 15.7. The molecule has 0 aromatic heterocycles. The molecular weight excluding hydrogens is 272 g/mol. The maximum atomic E-state index is 12.8. The molecule has 0 radical (unpaired) electrons. The van der Waals surface area contributed by atoms with Crippen LogP contribution >= 0.6 is 11.8 Å². The van der Waals surface area contributed by atoms with Crippen LogP contribution in [0.1, 0.15) is 46.5 Å². The molecule has 20 heavy (non-hydrogen) atoms. The van der Waals surface area contributed by atoms with E-state index in [0.29, 0.717) is 11.7 Å². The van der Waals surface area contributed by atoms with Crippen LogP contribution in [-0.4, -0.2) is 46.3 Å². The van der Waals surface area contributed by atoms with Crippen molar-refractivity contribution in [3.63, 3.8) is 0 Å². The summed E-state index contributed by atoms with van der Waals surface area (Å²) in [6.45, 7) is 6.01. The fraction of sp³-hybridized carbons (Fsp3) is 0.867. The molecule has 1 aliphatic carbocycles. The highest BCUT2D eigenvalue weighted by Crippen LogP contribution is 2.35. The maximum Gasteiger partial charge on any atom is 0.246 e. The van der Waals surface area contributed by atoms with Gasteiger partial charge in [0.05, 0.1) is 0 Å². The molecule has 1 heterocycles. The molecule has 0 aromatic carbocycles. The second-order valence-corrected chi connectivity index (χ2v) is 7.25. The van der Waals surface area contributed by atoms with Crippen molar-refractivity contribution in [1.29, 1.82) is 0 Å². The molecule has 1 N–H and O–H groups in total. The number of hydrogen-bond donors (Lipinski definition) is 1. The average molecular weight is 298 g/mol. The zero-order valence-electron chi connectivity index (χ0n) is 12.9. The fourth-order valence-electron chi connectivity index (χ4n) is 3.53. The zero-order chi connectivity index (χ0) is 14.9. The van der Waals surface area contributed by atoms with Crippen molar-refractivity contribution in [3.05, 3.63) is 0 Å². The molecule has 2 fully saturated rings. The second kappa shape index (κ2) is 6.37. The third kappa shape index (κ3) is 2.69. The average Bonchev–Trinajstić information content (AvgIpc) is 2.87. The Morgan fingerprint density at radius 2 is 2.05 bits per heavy atom. The molecule has 1 saturated carbocycles. The SMILES string of the molecule is CCC1NC(=O)C(C(C)C)N(C2CCCC2SC)C1=O. The third-order valence-electron chi connectivity index (χ3n) is 4.55. The zero-order valence-corrected chi connectivity index (χ0v) is 13.7. The number of hydrogen-bond acceptors (Lipinski definition) is 3. The molecule has 1 aliphatic heterocycles. The van der Waals surface area contributed by atoms with Crippen molar-refractivity contribution in [2.45, 2.75) is 69.8 Å². The standard InChI is InChI=1S/C15H26N2O2S/c1-5-10-15(19)17(11-7-6-8-12(11)20-4)13(9(2)3)14(18)16-10/h9-13H,5-8H2,1-4H3,(H,16,18). The van der Waals surface area contributed by atoms with E-state index in [2.05, 4.69) is 11.6 Å². The molecule has 1 saturated heterocycles. The van der Waals surface area contributed by atoms with E-state index in [1.165, 1.54) is 0 Å². The Labute approximate surface area is 126 Å². The highest BCUT2D eigenvalue weighted by molar-refractivity contribution is 7.99. The maximum absolute atomic E-state index is 12.8. The van der Waals surface area contributed by atoms with Gasteiger partial charge in [-0.05, 0) is 31.4 Å². The van der Waals surface area contributed by atoms with Crippen LogP contribution in [0.5, 0.6) is 0 Å². The summed E-state index contributed by atoms with van der Waals surface area (Å²) in [6, 6.07) is -0.409. The molecule has 4 atom stereocenters. The number of carbonyl (C=O) groups excluding carboxylic acids is 2. The number of amides is 2. The molecule has 114 valence electrons. The van der Waals surface area contributed by atoms with Crippen LogP contribution in [0.25, 0.3) is 0 Å². The topological polar surface area (TPSA) is 49.4 Å². The smallest absolute Gasteiger partial charge is 0.246 e. The summed E-state index contributed by atoms with van der Waals surface area (Å²) in [5, 5.41) is 3.37. The minimum atomic E-state index is -0.333. The normalized spacial score (nSPS) is 34.8. The lowest BCUT2D eigenvalue weighted by Gasteiger charge is -2.45. The van der Waals surface area contributed by atoms with Gasteiger partial charge in [-0.2, -0.15) is 11.8 Å². The molecular formula is C15H26N2O2S. The van der Waals surface area contributed by atoms with E-state index in [9.17, 15) is 9.59 Å². The van der Waals surface area contributed by atoms with Gasteiger partial charge in [0.15, 0.2) is 0 Å². The second-order valence-electron chi connectivity index (χ2n) is 6.18. The number of piperazine rings is 1. The van der Waals surface area contributed by atoms with Crippen LogP contribution in [0.4, 0.5) is 0 Å². The van der Waals surface area contributed by atoms with E-state index in [1.807, 2.05) is 37.4 Å². The van der Waals surface area contributed by atoms with Gasteiger partial charge in [0.2, 0.25) is 11.8 Å². The number of thioether (sulfide) groups is 1. The fourth-order valence-corrected chi connectivity index (χ4v) is 4.52. The van der Waals surface area contributed by atoms with E-state index in [0.717, 1.165) is 19.3 Å². The molecule has 0 bridgehead atoms. The number of carbonyl (C=O) groups is 2. The summed E-state index contributed by atoms with van der Waals surface area (Å²) >= 11 is 1.83. The van der Waals surface area contributed by atoms with Gasteiger partial charge in [0.25, 0.3) is 0 Å².